The van der Waals surface area contributed by atoms with E-state index in [9.17, 15) is 8.42 Å². The highest BCUT2D eigenvalue weighted by atomic mass is 35.5. The minimum Gasteiger partial charge on any atom is -0.494 e. The predicted octanol–water partition coefficient (Wildman–Crippen LogP) is 2.46. The van der Waals surface area contributed by atoms with Crippen molar-refractivity contribution < 1.29 is 13.2 Å². The zero-order chi connectivity index (χ0) is 17.5. The van der Waals surface area contributed by atoms with E-state index in [4.69, 9.17) is 16.3 Å². The summed E-state index contributed by atoms with van der Waals surface area (Å²) in [4.78, 5) is 3.88. The van der Waals surface area contributed by atoms with Crippen molar-refractivity contribution in [2.75, 3.05) is 18.5 Å². The van der Waals surface area contributed by atoms with Crippen molar-refractivity contribution >= 4 is 38.2 Å². The topological polar surface area (TPSA) is 77.3 Å². The third-order valence-corrected chi connectivity index (χ3v) is 5.70. The molecular formula is C15H15ClN4O3S. The number of aryl methyl sites for hydroxylation is 1. The van der Waals surface area contributed by atoms with Crippen LogP contribution in [0.5, 0.6) is 5.75 Å². The molecule has 24 heavy (non-hydrogen) atoms. The average Bonchev–Trinajstić information content (AvgIpc) is 2.95. The van der Waals surface area contributed by atoms with Crippen molar-refractivity contribution in [2.45, 2.75) is 4.90 Å². The Morgan fingerprint density at radius 1 is 1.21 bits per heavy atom. The first kappa shape index (κ1) is 16.5. The number of nitrogens with zero attached hydrogens (tertiary/aromatic N) is 4. The number of aromatic nitrogens is 3. The van der Waals surface area contributed by atoms with Crippen LogP contribution >= 0.6 is 11.6 Å². The van der Waals surface area contributed by atoms with Gasteiger partial charge in [0.2, 0.25) is 0 Å². The summed E-state index contributed by atoms with van der Waals surface area (Å²) in [5.41, 5.74) is 1.06. The van der Waals surface area contributed by atoms with Crippen molar-refractivity contribution in [1.82, 2.24) is 14.8 Å². The Bertz CT molecular complexity index is 999. The molecule has 0 fully saturated rings. The summed E-state index contributed by atoms with van der Waals surface area (Å²) in [6, 6.07) is 6.39. The van der Waals surface area contributed by atoms with Gasteiger partial charge in [-0.3, -0.25) is 8.99 Å². The lowest BCUT2D eigenvalue weighted by Gasteiger charge is -2.22. The van der Waals surface area contributed by atoms with Gasteiger partial charge in [0.25, 0.3) is 10.0 Å². The summed E-state index contributed by atoms with van der Waals surface area (Å²) in [5, 5.41) is 5.23. The number of rotatable bonds is 4. The molecule has 7 nitrogen and oxygen atoms in total. The van der Waals surface area contributed by atoms with E-state index in [-0.39, 0.29) is 10.0 Å². The van der Waals surface area contributed by atoms with E-state index in [1.807, 2.05) is 6.07 Å². The Hall–Kier alpha value is -2.32. The monoisotopic (exact) mass is 366 g/mol. The van der Waals surface area contributed by atoms with E-state index in [0.29, 0.717) is 17.0 Å². The number of hydrogen-bond donors (Lipinski definition) is 0. The lowest BCUT2D eigenvalue weighted by Crippen LogP contribution is -2.27. The number of sulfonamides is 1. The lowest BCUT2D eigenvalue weighted by molar-refractivity contribution is 0.416. The second-order valence-corrected chi connectivity index (χ2v) is 7.47. The standard InChI is InChI=1S/C15H15ClN4O3S/c1-19-14-10(8-18-19)4-6-12(23-3)15(14)20(2)24(21,22)11-5-7-13(16)17-9-11/h4-9H,1-3H3. The van der Waals surface area contributed by atoms with E-state index in [1.165, 1.54) is 36.8 Å². The molecule has 0 bridgehead atoms. The summed E-state index contributed by atoms with van der Waals surface area (Å²) in [7, 11) is 0.867. The molecule has 9 heteroatoms. The molecule has 1 aromatic carbocycles. The van der Waals surface area contributed by atoms with Crippen LogP contribution < -0.4 is 9.04 Å². The number of pyridine rings is 1. The fraction of sp³-hybridized carbons (Fsp3) is 0.200. The highest BCUT2D eigenvalue weighted by molar-refractivity contribution is 7.92. The van der Waals surface area contributed by atoms with Crippen molar-refractivity contribution in [3.05, 3.63) is 41.8 Å². The van der Waals surface area contributed by atoms with Crippen molar-refractivity contribution in [3.8, 4) is 5.75 Å². The molecule has 0 spiro atoms. The first-order valence-corrected chi connectivity index (χ1v) is 8.77. The SMILES string of the molecule is COc1ccc2cnn(C)c2c1N(C)S(=O)(=O)c1ccc(Cl)nc1. The fourth-order valence-corrected chi connectivity index (χ4v) is 3.76. The summed E-state index contributed by atoms with van der Waals surface area (Å²) >= 11 is 5.74. The van der Waals surface area contributed by atoms with Crippen LogP contribution in [0.25, 0.3) is 10.9 Å². The maximum absolute atomic E-state index is 12.9. The highest BCUT2D eigenvalue weighted by Gasteiger charge is 2.27. The molecular weight excluding hydrogens is 352 g/mol. The minimum absolute atomic E-state index is 0.0376. The van der Waals surface area contributed by atoms with Crippen LogP contribution in [0, 0.1) is 0 Å². The summed E-state index contributed by atoms with van der Waals surface area (Å²) in [5.74, 6) is 0.430. The molecule has 2 heterocycles. The van der Waals surface area contributed by atoms with E-state index in [1.54, 1.807) is 24.0 Å². The zero-order valence-electron chi connectivity index (χ0n) is 13.3. The Labute approximate surface area is 144 Å². The van der Waals surface area contributed by atoms with E-state index in [2.05, 4.69) is 10.1 Å². The van der Waals surface area contributed by atoms with Gasteiger partial charge in [-0.05, 0) is 24.3 Å². The molecule has 3 rings (SSSR count). The Balaban J connectivity index is 2.22. The molecule has 2 aromatic heterocycles. The summed E-state index contributed by atoms with van der Waals surface area (Å²) < 4.78 is 34.0. The van der Waals surface area contributed by atoms with E-state index >= 15 is 0 Å². The van der Waals surface area contributed by atoms with Gasteiger partial charge in [0.05, 0.1) is 18.8 Å². The van der Waals surface area contributed by atoms with Gasteiger partial charge in [0.15, 0.2) is 0 Å². The van der Waals surface area contributed by atoms with Crippen LogP contribution in [-0.2, 0) is 17.1 Å². The van der Waals surface area contributed by atoms with Crippen LogP contribution in [0.1, 0.15) is 0 Å². The van der Waals surface area contributed by atoms with Gasteiger partial charge >= 0.3 is 0 Å². The Morgan fingerprint density at radius 2 is 1.96 bits per heavy atom. The van der Waals surface area contributed by atoms with Crippen LogP contribution in [-0.4, -0.2) is 37.3 Å². The molecule has 126 valence electrons. The van der Waals surface area contributed by atoms with Crippen LogP contribution in [0.2, 0.25) is 5.15 Å². The number of methoxy groups -OCH3 is 1. The van der Waals surface area contributed by atoms with Crippen molar-refractivity contribution in [1.29, 1.82) is 0 Å². The van der Waals surface area contributed by atoms with Crippen LogP contribution in [0.3, 0.4) is 0 Å². The number of benzene rings is 1. The van der Waals surface area contributed by atoms with Gasteiger partial charge in [-0.1, -0.05) is 11.6 Å². The third-order valence-electron chi connectivity index (χ3n) is 3.73. The third kappa shape index (κ3) is 2.57. The number of halogens is 1. The number of anilines is 1. The van der Waals surface area contributed by atoms with Gasteiger partial charge in [-0.15, -0.1) is 0 Å². The Morgan fingerprint density at radius 3 is 2.58 bits per heavy atom. The molecule has 0 aliphatic carbocycles. The Kier molecular flexibility index (Phi) is 4.10. The molecule has 3 aromatic rings. The molecule has 0 aliphatic heterocycles. The number of hydrogen-bond acceptors (Lipinski definition) is 5. The minimum atomic E-state index is -3.84. The van der Waals surface area contributed by atoms with E-state index in [0.717, 1.165) is 5.39 Å². The van der Waals surface area contributed by atoms with Crippen molar-refractivity contribution in [2.24, 2.45) is 7.05 Å². The molecule has 0 saturated carbocycles. The predicted molar refractivity (Wildman–Crippen MR) is 92.1 cm³/mol. The zero-order valence-corrected chi connectivity index (χ0v) is 14.8. The highest BCUT2D eigenvalue weighted by Crippen LogP contribution is 2.37. The van der Waals surface area contributed by atoms with Crippen LogP contribution in [0.15, 0.2) is 41.6 Å². The largest absolute Gasteiger partial charge is 0.494 e. The van der Waals surface area contributed by atoms with E-state index < -0.39 is 10.0 Å². The molecule has 0 N–H and O–H groups in total. The molecule has 0 atom stereocenters. The number of ether oxygens (including phenoxy) is 1. The van der Waals surface area contributed by atoms with Gasteiger partial charge in [0, 0.05) is 25.7 Å². The number of fused-ring (bicyclic) bond motifs is 1. The van der Waals surface area contributed by atoms with Gasteiger partial charge in [-0.2, -0.15) is 5.10 Å². The average molecular weight is 367 g/mol. The first-order valence-electron chi connectivity index (χ1n) is 6.95. The maximum atomic E-state index is 12.9. The smallest absolute Gasteiger partial charge is 0.265 e. The maximum Gasteiger partial charge on any atom is 0.265 e. The second kappa shape index (κ2) is 5.95. The molecule has 0 aliphatic rings. The summed E-state index contributed by atoms with van der Waals surface area (Å²) in [6.07, 6.45) is 2.90. The van der Waals surface area contributed by atoms with Crippen molar-refractivity contribution in [3.63, 3.8) is 0 Å². The van der Waals surface area contributed by atoms with Gasteiger partial charge < -0.3 is 4.74 Å². The summed E-state index contributed by atoms with van der Waals surface area (Å²) in [6.45, 7) is 0. The van der Waals surface area contributed by atoms with Crippen LogP contribution in [0.4, 0.5) is 5.69 Å². The molecule has 0 amide bonds. The fourth-order valence-electron chi connectivity index (χ4n) is 2.49. The molecule has 0 radical (unpaired) electrons. The van der Waals surface area contributed by atoms with Gasteiger partial charge in [-0.25, -0.2) is 13.4 Å². The first-order chi connectivity index (χ1) is 11.4. The normalized spacial score (nSPS) is 11.7. The quantitative estimate of drug-likeness (QED) is 0.663. The lowest BCUT2D eigenvalue weighted by atomic mass is 10.2. The second-order valence-electron chi connectivity index (χ2n) is 5.11. The van der Waals surface area contributed by atoms with Gasteiger partial charge in [0.1, 0.15) is 21.5 Å². The molecule has 0 unspecified atom stereocenters. The molecule has 0 saturated heterocycles.